The summed E-state index contributed by atoms with van der Waals surface area (Å²) >= 11 is 0. The maximum atomic E-state index is 5.73. The van der Waals surface area contributed by atoms with E-state index in [1.807, 2.05) is 26.7 Å². The molecule has 1 aliphatic heterocycles. The fourth-order valence-corrected chi connectivity index (χ4v) is 2.22. The van der Waals surface area contributed by atoms with Crippen LogP contribution in [0.1, 0.15) is 18.5 Å². The predicted molar refractivity (Wildman–Crippen MR) is 58.8 cm³/mol. The zero-order valence-corrected chi connectivity index (χ0v) is 9.49. The lowest BCUT2D eigenvalue weighted by Crippen LogP contribution is -2.45. The van der Waals surface area contributed by atoms with Crippen LogP contribution in [0.4, 0.5) is 0 Å². The molecule has 84 valence electrons. The molecule has 15 heavy (non-hydrogen) atoms. The van der Waals surface area contributed by atoms with E-state index in [4.69, 9.17) is 4.74 Å². The van der Waals surface area contributed by atoms with E-state index in [-0.39, 0.29) is 5.60 Å². The quantitative estimate of drug-likeness (QED) is 0.797. The number of piperidine rings is 1. The van der Waals surface area contributed by atoms with Gasteiger partial charge in [0.2, 0.25) is 0 Å². The van der Waals surface area contributed by atoms with Crippen LogP contribution in [0, 0.1) is 0 Å². The molecule has 0 atom stereocenters. The van der Waals surface area contributed by atoms with Gasteiger partial charge in [-0.2, -0.15) is 0 Å². The molecule has 0 unspecified atom stereocenters. The van der Waals surface area contributed by atoms with Crippen LogP contribution in [0.5, 0.6) is 0 Å². The van der Waals surface area contributed by atoms with Gasteiger partial charge in [-0.25, -0.2) is 4.98 Å². The number of imidazole rings is 1. The first-order valence-corrected chi connectivity index (χ1v) is 5.47. The van der Waals surface area contributed by atoms with Crippen LogP contribution in [0.2, 0.25) is 0 Å². The summed E-state index contributed by atoms with van der Waals surface area (Å²) in [4.78, 5) is 4.14. The summed E-state index contributed by atoms with van der Waals surface area (Å²) in [6.45, 7) is 2.09. The number of nitrogens with one attached hydrogen (secondary N) is 1. The topological polar surface area (TPSA) is 39.1 Å². The number of rotatable bonds is 3. The summed E-state index contributed by atoms with van der Waals surface area (Å²) < 4.78 is 7.80. The molecule has 2 rings (SSSR count). The average Bonchev–Trinajstić information content (AvgIpc) is 2.66. The van der Waals surface area contributed by atoms with Gasteiger partial charge in [0.15, 0.2) is 0 Å². The number of nitrogens with zero attached hydrogens (tertiary/aromatic N) is 2. The highest BCUT2D eigenvalue weighted by Crippen LogP contribution is 2.26. The van der Waals surface area contributed by atoms with Gasteiger partial charge in [0.25, 0.3) is 0 Å². The van der Waals surface area contributed by atoms with Crippen LogP contribution < -0.4 is 5.32 Å². The van der Waals surface area contributed by atoms with Gasteiger partial charge in [0.1, 0.15) is 0 Å². The van der Waals surface area contributed by atoms with Gasteiger partial charge in [-0.1, -0.05) is 0 Å². The number of ether oxygens (including phenoxy) is 1. The SMILES string of the molecule is COC1(Cc2cncn2C)CCNCC1. The molecule has 0 radical (unpaired) electrons. The first kappa shape index (κ1) is 10.6. The molecular formula is C11H19N3O. The summed E-state index contributed by atoms with van der Waals surface area (Å²) in [6, 6.07) is 0. The van der Waals surface area contributed by atoms with Crippen LogP contribution in [-0.4, -0.2) is 35.4 Å². The Morgan fingerprint density at radius 3 is 2.80 bits per heavy atom. The van der Waals surface area contributed by atoms with Crippen molar-refractivity contribution in [1.29, 1.82) is 0 Å². The van der Waals surface area contributed by atoms with Gasteiger partial charge in [-0.15, -0.1) is 0 Å². The molecule has 4 nitrogen and oxygen atoms in total. The number of aryl methyl sites for hydroxylation is 1. The van der Waals surface area contributed by atoms with E-state index in [2.05, 4.69) is 14.9 Å². The molecule has 0 saturated carbocycles. The molecule has 0 aliphatic carbocycles. The number of aromatic nitrogens is 2. The maximum absolute atomic E-state index is 5.73. The van der Waals surface area contributed by atoms with Gasteiger partial charge in [-0.05, 0) is 25.9 Å². The van der Waals surface area contributed by atoms with Crippen LogP contribution in [0.15, 0.2) is 12.5 Å². The summed E-state index contributed by atoms with van der Waals surface area (Å²) in [7, 11) is 3.86. The normalized spacial score (nSPS) is 20.4. The van der Waals surface area contributed by atoms with Crippen molar-refractivity contribution in [1.82, 2.24) is 14.9 Å². The smallest absolute Gasteiger partial charge is 0.0945 e. The fraction of sp³-hybridized carbons (Fsp3) is 0.727. The average molecular weight is 209 g/mol. The van der Waals surface area contributed by atoms with Crippen LogP contribution >= 0.6 is 0 Å². The second-order valence-corrected chi connectivity index (χ2v) is 4.31. The Kier molecular flexibility index (Phi) is 3.07. The third-order valence-corrected chi connectivity index (χ3v) is 3.37. The van der Waals surface area contributed by atoms with Crippen molar-refractivity contribution in [3.8, 4) is 0 Å². The summed E-state index contributed by atoms with van der Waals surface area (Å²) in [6.07, 6.45) is 6.90. The van der Waals surface area contributed by atoms with E-state index >= 15 is 0 Å². The highest BCUT2D eigenvalue weighted by molar-refractivity contribution is 5.05. The first-order chi connectivity index (χ1) is 7.26. The summed E-state index contributed by atoms with van der Waals surface area (Å²) in [5.74, 6) is 0. The Morgan fingerprint density at radius 2 is 2.27 bits per heavy atom. The summed E-state index contributed by atoms with van der Waals surface area (Å²) in [5, 5.41) is 3.37. The zero-order chi connectivity index (χ0) is 10.7. The lowest BCUT2D eigenvalue weighted by molar-refractivity contribution is -0.0344. The van der Waals surface area contributed by atoms with E-state index in [1.54, 1.807) is 0 Å². The van der Waals surface area contributed by atoms with Crippen molar-refractivity contribution < 1.29 is 4.74 Å². The van der Waals surface area contributed by atoms with E-state index in [1.165, 1.54) is 5.69 Å². The predicted octanol–water partition coefficient (Wildman–Crippen LogP) is 0.731. The minimum atomic E-state index is 0.0129. The van der Waals surface area contributed by atoms with Crippen LogP contribution in [-0.2, 0) is 18.2 Å². The molecule has 4 heteroatoms. The van der Waals surface area contributed by atoms with Crippen molar-refractivity contribution in [3.63, 3.8) is 0 Å². The van der Waals surface area contributed by atoms with Gasteiger partial charge < -0.3 is 14.6 Å². The zero-order valence-electron chi connectivity index (χ0n) is 9.49. The Morgan fingerprint density at radius 1 is 1.53 bits per heavy atom. The molecular weight excluding hydrogens is 190 g/mol. The molecule has 1 saturated heterocycles. The first-order valence-electron chi connectivity index (χ1n) is 5.47. The fourth-order valence-electron chi connectivity index (χ4n) is 2.22. The Labute approximate surface area is 90.6 Å². The van der Waals surface area contributed by atoms with E-state index in [0.29, 0.717) is 0 Å². The lowest BCUT2D eigenvalue weighted by Gasteiger charge is -2.36. The minimum absolute atomic E-state index is 0.0129. The molecule has 0 spiro atoms. The molecule has 1 aromatic rings. The lowest BCUT2D eigenvalue weighted by atomic mass is 9.87. The monoisotopic (exact) mass is 209 g/mol. The summed E-state index contributed by atoms with van der Waals surface area (Å²) in [5.41, 5.74) is 1.26. The molecule has 0 aromatic carbocycles. The molecule has 2 heterocycles. The van der Waals surface area contributed by atoms with E-state index in [9.17, 15) is 0 Å². The molecule has 1 aromatic heterocycles. The van der Waals surface area contributed by atoms with Gasteiger partial charge in [0, 0.05) is 32.5 Å². The molecule has 1 fully saturated rings. The number of methoxy groups -OCH3 is 1. The van der Waals surface area contributed by atoms with Gasteiger partial charge in [-0.3, -0.25) is 0 Å². The van der Waals surface area contributed by atoms with E-state index < -0.39 is 0 Å². The molecule has 1 aliphatic rings. The third-order valence-electron chi connectivity index (χ3n) is 3.37. The molecule has 0 bridgehead atoms. The van der Waals surface area contributed by atoms with Crippen molar-refractivity contribution >= 4 is 0 Å². The Balaban J connectivity index is 2.10. The Bertz CT molecular complexity index is 315. The standard InChI is InChI=1S/C11H19N3O/c1-14-9-13-8-10(14)7-11(15-2)3-5-12-6-4-11/h8-9,12H,3-7H2,1-2H3. The van der Waals surface area contributed by atoms with Crippen LogP contribution in [0.25, 0.3) is 0 Å². The highest BCUT2D eigenvalue weighted by Gasteiger charge is 2.32. The van der Waals surface area contributed by atoms with E-state index in [0.717, 1.165) is 32.4 Å². The Hall–Kier alpha value is -0.870. The number of hydrogen-bond acceptors (Lipinski definition) is 3. The van der Waals surface area contributed by atoms with Crippen molar-refractivity contribution in [3.05, 3.63) is 18.2 Å². The molecule has 0 amide bonds. The minimum Gasteiger partial charge on any atom is -0.378 e. The largest absolute Gasteiger partial charge is 0.378 e. The highest BCUT2D eigenvalue weighted by atomic mass is 16.5. The van der Waals surface area contributed by atoms with Gasteiger partial charge >= 0.3 is 0 Å². The molecule has 1 N–H and O–H groups in total. The number of hydrogen-bond donors (Lipinski definition) is 1. The van der Waals surface area contributed by atoms with Crippen LogP contribution in [0.3, 0.4) is 0 Å². The van der Waals surface area contributed by atoms with Crippen molar-refractivity contribution in [2.75, 3.05) is 20.2 Å². The van der Waals surface area contributed by atoms with Gasteiger partial charge in [0.05, 0.1) is 11.9 Å². The third kappa shape index (κ3) is 2.21. The second-order valence-electron chi connectivity index (χ2n) is 4.31. The second kappa shape index (κ2) is 4.33. The van der Waals surface area contributed by atoms with Crippen molar-refractivity contribution in [2.45, 2.75) is 24.9 Å². The van der Waals surface area contributed by atoms with Crippen molar-refractivity contribution in [2.24, 2.45) is 7.05 Å². The maximum Gasteiger partial charge on any atom is 0.0945 e.